The molecule has 4 heteroatoms. The number of hydrogen-bond donors (Lipinski definition) is 1. The highest BCUT2D eigenvalue weighted by Crippen LogP contribution is 2.37. The Morgan fingerprint density at radius 3 is 2.33 bits per heavy atom. The van der Waals surface area contributed by atoms with Crippen LogP contribution in [0.15, 0.2) is 0 Å². The minimum Gasteiger partial charge on any atom is -0.317 e. The van der Waals surface area contributed by atoms with Crippen molar-refractivity contribution in [3.63, 3.8) is 0 Å². The molecule has 1 atom stereocenters. The fraction of sp³-hybridized carbons (Fsp3) is 0.765. The molecule has 0 aliphatic carbocycles. The number of likely N-dealkylation sites (N-methyl/N-ethyl adjacent to an activating group) is 1. The molecule has 1 N–H and O–H groups in total. The van der Waals surface area contributed by atoms with Crippen LogP contribution in [0.1, 0.15) is 68.1 Å². The zero-order valence-electron chi connectivity index (χ0n) is 13.7. The number of aryl methyl sites for hydroxylation is 2. The third-order valence-corrected chi connectivity index (χ3v) is 5.51. The molecule has 1 unspecified atom stereocenters. The highest BCUT2D eigenvalue weighted by molar-refractivity contribution is 7.99. The Kier molecular flexibility index (Phi) is 6.97. The van der Waals surface area contributed by atoms with Crippen LogP contribution in [-0.2, 0) is 19.3 Å². The van der Waals surface area contributed by atoms with Crippen molar-refractivity contribution in [1.29, 1.82) is 0 Å². The molecule has 0 spiro atoms. The molecule has 2 rings (SSSR count). The van der Waals surface area contributed by atoms with Crippen LogP contribution in [0.25, 0.3) is 0 Å². The van der Waals surface area contributed by atoms with E-state index in [0.717, 1.165) is 38.2 Å². The summed E-state index contributed by atoms with van der Waals surface area (Å²) in [5.74, 6) is 2.36. The first-order valence-corrected chi connectivity index (χ1v) is 9.55. The third-order valence-electron chi connectivity index (χ3n) is 4.13. The van der Waals surface area contributed by atoms with E-state index in [2.05, 4.69) is 26.1 Å². The number of hydrogen-bond acceptors (Lipinski definition) is 4. The molecule has 1 aromatic rings. The van der Waals surface area contributed by atoms with Crippen molar-refractivity contribution in [1.82, 2.24) is 15.3 Å². The molecule has 1 aromatic heterocycles. The number of aromatic nitrogens is 2. The molecule has 1 fully saturated rings. The summed E-state index contributed by atoms with van der Waals surface area (Å²) in [6, 6.07) is 0. The highest BCUT2D eigenvalue weighted by Gasteiger charge is 2.21. The van der Waals surface area contributed by atoms with Crippen molar-refractivity contribution in [2.24, 2.45) is 0 Å². The summed E-state index contributed by atoms with van der Waals surface area (Å²) in [5, 5.41) is 3.94. The summed E-state index contributed by atoms with van der Waals surface area (Å²) in [6.07, 6.45) is 7.00. The Hall–Kier alpha value is -0.610. The average Bonchev–Trinajstić information content (AvgIpc) is 2.55. The monoisotopic (exact) mass is 307 g/mol. The van der Waals surface area contributed by atoms with E-state index in [0.29, 0.717) is 5.25 Å². The lowest BCUT2D eigenvalue weighted by Crippen LogP contribution is -2.20. The van der Waals surface area contributed by atoms with Gasteiger partial charge < -0.3 is 5.32 Å². The minimum absolute atomic E-state index is 0.525. The fourth-order valence-corrected chi connectivity index (χ4v) is 4.20. The molecule has 0 radical (unpaired) electrons. The van der Waals surface area contributed by atoms with Crippen LogP contribution in [0.4, 0.5) is 0 Å². The normalized spacial score (nSPS) is 18.9. The first-order chi connectivity index (χ1) is 10.3. The van der Waals surface area contributed by atoms with Gasteiger partial charge in [-0.05, 0) is 56.5 Å². The van der Waals surface area contributed by atoms with Gasteiger partial charge in [-0.25, -0.2) is 9.97 Å². The van der Waals surface area contributed by atoms with Crippen molar-refractivity contribution in [2.45, 2.75) is 64.5 Å². The van der Waals surface area contributed by atoms with Crippen molar-refractivity contribution in [3.05, 3.63) is 22.8 Å². The van der Waals surface area contributed by atoms with E-state index in [1.807, 2.05) is 11.8 Å². The van der Waals surface area contributed by atoms with Gasteiger partial charge in [-0.15, -0.1) is 0 Å². The number of thioether (sulfide) groups is 1. The summed E-state index contributed by atoms with van der Waals surface area (Å²) in [5.41, 5.74) is 3.95. The molecule has 1 aliphatic heterocycles. The van der Waals surface area contributed by atoms with Gasteiger partial charge in [0, 0.05) is 11.4 Å². The second-order valence-electron chi connectivity index (χ2n) is 5.62. The summed E-state index contributed by atoms with van der Waals surface area (Å²) in [7, 11) is 0. The quantitative estimate of drug-likeness (QED) is 0.779. The minimum atomic E-state index is 0.525. The van der Waals surface area contributed by atoms with E-state index >= 15 is 0 Å². The lowest BCUT2D eigenvalue weighted by Gasteiger charge is -2.22. The maximum atomic E-state index is 4.94. The molecule has 0 amide bonds. The Labute approximate surface area is 133 Å². The lowest BCUT2D eigenvalue weighted by atomic mass is 10.0. The van der Waals surface area contributed by atoms with Crippen molar-refractivity contribution in [3.8, 4) is 0 Å². The van der Waals surface area contributed by atoms with E-state index in [9.17, 15) is 0 Å². The van der Waals surface area contributed by atoms with Crippen LogP contribution >= 0.6 is 11.8 Å². The van der Waals surface area contributed by atoms with Gasteiger partial charge in [0.25, 0.3) is 0 Å². The molecular weight excluding hydrogens is 278 g/mol. The fourth-order valence-electron chi connectivity index (χ4n) is 2.96. The largest absolute Gasteiger partial charge is 0.317 e. The summed E-state index contributed by atoms with van der Waals surface area (Å²) in [4.78, 5) is 9.88. The predicted molar refractivity (Wildman–Crippen MR) is 92.1 cm³/mol. The van der Waals surface area contributed by atoms with E-state index < -0.39 is 0 Å². The van der Waals surface area contributed by atoms with Crippen molar-refractivity contribution in [2.75, 3.05) is 18.8 Å². The molecule has 118 valence electrons. The van der Waals surface area contributed by atoms with Crippen LogP contribution < -0.4 is 5.32 Å². The standard InChI is InChI=1S/C17H29N3S/c1-4-14-13(10-11-18-6-3)15(5-2)20-17(19-14)16-9-7-8-12-21-16/h16,18H,4-12H2,1-3H3. The molecule has 3 nitrogen and oxygen atoms in total. The average molecular weight is 308 g/mol. The zero-order chi connectivity index (χ0) is 15.1. The Balaban J connectivity index is 2.24. The second kappa shape index (κ2) is 8.74. The van der Waals surface area contributed by atoms with Crippen LogP contribution in [0.3, 0.4) is 0 Å². The second-order valence-corrected chi connectivity index (χ2v) is 6.93. The first-order valence-electron chi connectivity index (χ1n) is 8.50. The van der Waals surface area contributed by atoms with Gasteiger partial charge in [0.05, 0.1) is 5.25 Å². The predicted octanol–water partition coefficient (Wildman–Crippen LogP) is 3.71. The van der Waals surface area contributed by atoms with Crippen LogP contribution in [0.5, 0.6) is 0 Å². The Morgan fingerprint density at radius 1 is 1.10 bits per heavy atom. The Bertz CT molecular complexity index is 417. The zero-order valence-corrected chi connectivity index (χ0v) is 14.6. The van der Waals surface area contributed by atoms with Gasteiger partial charge in [-0.2, -0.15) is 11.8 Å². The van der Waals surface area contributed by atoms with Gasteiger partial charge in [0.1, 0.15) is 5.82 Å². The molecular formula is C17H29N3S. The SMILES string of the molecule is CCNCCc1c(CC)nc(C2CCCCS2)nc1CC. The molecule has 0 bridgehead atoms. The molecule has 21 heavy (non-hydrogen) atoms. The summed E-state index contributed by atoms with van der Waals surface area (Å²) >= 11 is 2.04. The molecule has 0 saturated carbocycles. The van der Waals surface area contributed by atoms with Gasteiger partial charge in [-0.3, -0.25) is 0 Å². The maximum Gasteiger partial charge on any atom is 0.141 e. The molecule has 1 saturated heterocycles. The van der Waals surface area contributed by atoms with E-state index in [4.69, 9.17) is 9.97 Å². The van der Waals surface area contributed by atoms with Crippen LogP contribution in [0, 0.1) is 0 Å². The molecule has 1 aliphatic rings. The smallest absolute Gasteiger partial charge is 0.141 e. The number of nitrogens with zero attached hydrogens (tertiary/aromatic N) is 2. The van der Waals surface area contributed by atoms with Gasteiger partial charge in [-0.1, -0.05) is 27.2 Å². The molecule has 2 heterocycles. The van der Waals surface area contributed by atoms with Gasteiger partial charge in [0.2, 0.25) is 0 Å². The van der Waals surface area contributed by atoms with Crippen LogP contribution in [0.2, 0.25) is 0 Å². The maximum absolute atomic E-state index is 4.94. The van der Waals surface area contributed by atoms with E-state index in [1.54, 1.807) is 0 Å². The lowest BCUT2D eigenvalue weighted by molar-refractivity contribution is 0.646. The van der Waals surface area contributed by atoms with Crippen molar-refractivity contribution < 1.29 is 0 Å². The van der Waals surface area contributed by atoms with E-state index in [-0.39, 0.29) is 0 Å². The van der Waals surface area contributed by atoms with Gasteiger partial charge in [0.15, 0.2) is 0 Å². The number of rotatable bonds is 7. The summed E-state index contributed by atoms with van der Waals surface area (Å²) < 4.78 is 0. The molecule has 0 aromatic carbocycles. The van der Waals surface area contributed by atoms with E-state index in [1.165, 1.54) is 42.0 Å². The van der Waals surface area contributed by atoms with Crippen molar-refractivity contribution >= 4 is 11.8 Å². The Morgan fingerprint density at radius 2 is 1.81 bits per heavy atom. The first kappa shape index (κ1) is 16.8. The summed E-state index contributed by atoms with van der Waals surface area (Å²) in [6.45, 7) is 8.64. The third kappa shape index (κ3) is 4.43. The topological polar surface area (TPSA) is 37.8 Å². The van der Waals surface area contributed by atoms with Gasteiger partial charge >= 0.3 is 0 Å². The van der Waals surface area contributed by atoms with Crippen LogP contribution in [-0.4, -0.2) is 28.8 Å². The highest BCUT2D eigenvalue weighted by atomic mass is 32.2. The number of nitrogens with one attached hydrogen (secondary N) is 1.